The van der Waals surface area contributed by atoms with Crippen molar-refractivity contribution in [3.63, 3.8) is 0 Å². The van der Waals surface area contributed by atoms with Crippen molar-refractivity contribution in [2.75, 3.05) is 38.1 Å². The van der Waals surface area contributed by atoms with E-state index in [4.69, 9.17) is 5.26 Å². The van der Waals surface area contributed by atoms with Gasteiger partial charge in [-0.05, 0) is 56.3 Å². The molecule has 1 unspecified atom stereocenters. The van der Waals surface area contributed by atoms with Crippen molar-refractivity contribution in [2.24, 2.45) is 5.41 Å². The lowest BCUT2D eigenvalue weighted by molar-refractivity contribution is 0.0695. The van der Waals surface area contributed by atoms with E-state index in [0.717, 1.165) is 62.2 Å². The van der Waals surface area contributed by atoms with E-state index in [1.165, 1.54) is 0 Å². The quantitative estimate of drug-likeness (QED) is 0.736. The molecule has 1 saturated heterocycles. The normalized spacial score (nSPS) is 21.1. The number of pyridine rings is 1. The molecule has 164 valence electrons. The van der Waals surface area contributed by atoms with E-state index in [9.17, 15) is 14.7 Å². The van der Waals surface area contributed by atoms with Crippen molar-refractivity contribution in [1.82, 2.24) is 9.47 Å². The first-order chi connectivity index (χ1) is 14.7. The van der Waals surface area contributed by atoms with Gasteiger partial charge in [0.2, 0.25) is 5.43 Å². The second kappa shape index (κ2) is 8.01. The molecule has 2 heterocycles. The molecule has 1 aromatic carbocycles. The van der Waals surface area contributed by atoms with E-state index in [1.54, 1.807) is 12.3 Å². The molecular weight excluding hydrogens is 392 g/mol. The SMILES string of the molecule is Cc1c(N2CCC(C)(CN(C)CCC#N)C2)ccc2c(=O)c(C(=O)O)cn(C3CC3)c12. The average Bonchev–Trinajstić information content (AvgIpc) is 3.49. The van der Waals surface area contributed by atoms with Gasteiger partial charge in [-0.25, -0.2) is 4.79 Å². The molecule has 1 saturated carbocycles. The van der Waals surface area contributed by atoms with Gasteiger partial charge in [-0.15, -0.1) is 0 Å². The van der Waals surface area contributed by atoms with Gasteiger partial charge in [0, 0.05) is 55.9 Å². The molecule has 7 heteroatoms. The number of anilines is 1. The number of rotatable bonds is 7. The Morgan fingerprint density at radius 2 is 2.13 bits per heavy atom. The molecule has 2 fully saturated rings. The summed E-state index contributed by atoms with van der Waals surface area (Å²) in [6.45, 7) is 7.91. The minimum atomic E-state index is -1.17. The van der Waals surface area contributed by atoms with Crippen LogP contribution in [0.2, 0.25) is 0 Å². The second-order valence-corrected chi connectivity index (χ2v) is 9.55. The number of carboxylic acids is 1. The Bertz CT molecular complexity index is 1130. The van der Waals surface area contributed by atoms with Crippen LogP contribution >= 0.6 is 0 Å². The average molecular weight is 423 g/mol. The van der Waals surface area contributed by atoms with Crippen LogP contribution in [-0.2, 0) is 0 Å². The van der Waals surface area contributed by atoms with Gasteiger partial charge in [0.05, 0.1) is 11.6 Å². The molecule has 1 N–H and O–H groups in total. The van der Waals surface area contributed by atoms with Gasteiger partial charge >= 0.3 is 5.97 Å². The molecule has 1 aliphatic carbocycles. The summed E-state index contributed by atoms with van der Waals surface area (Å²) in [6.07, 6.45) is 5.17. The molecule has 1 aliphatic heterocycles. The first-order valence-corrected chi connectivity index (χ1v) is 11.0. The molecule has 31 heavy (non-hydrogen) atoms. The fourth-order valence-electron chi connectivity index (χ4n) is 5.08. The molecular formula is C24H30N4O3. The Kier molecular flexibility index (Phi) is 5.52. The molecule has 4 rings (SSSR count). The van der Waals surface area contributed by atoms with E-state index in [1.807, 2.05) is 17.6 Å². The summed E-state index contributed by atoms with van der Waals surface area (Å²) >= 11 is 0. The molecule has 0 spiro atoms. The van der Waals surface area contributed by atoms with Crippen LogP contribution in [0.1, 0.15) is 54.6 Å². The number of nitriles is 1. The highest BCUT2D eigenvalue weighted by Gasteiger charge is 2.36. The first-order valence-electron chi connectivity index (χ1n) is 11.0. The Morgan fingerprint density at radius 3 is 2.77 bits per heavy atom. The summed E-state index contributed by atoms with van der Waals surface area (Å²) in [7, 11) is 2.07. The predicted molar refractivity (Wildman–Crippen MR) is 121 cm³/mol. The number of carboxylic acid groups (broad SMARTS) is 1. The van der Waals surface area contributed by atoms with Crippen LogP contribution in [0.15, 0.2) is 23.1 Å². The highest BCUT2D eigenvalue weighted by atomic mass is 16.4. The zero-order chi connectivity index (χ0) is 22.3. The molecule has 0 bridgehead atoms. The number of benzene rings is 1. The van der Waals surface area contributed by atoms with Crippen molar-refractivity contribution in [2.45, 2.75) is 45.6 Å². The van der Waals surface area contributed by atoms with Gasteiger partial charge in [-0.1, -0.05) is 6.92 Å². The molecule has 2 aromatic rings. The number of carbonyl (C=O) groups is 1. The standard InChI is InChI=1S/C24H30N4O3/c1-16-20(27-12-9-24(2,15-27)14-26(3)11-4-10-25)8-7-18-21(16)28(17-5-6-17)13-19(22(18)29)23(30)31/h7-8,13,17H,4-6,9,11-12,14-15H2,1-3H3,(H,30,31). The van der Waals surface area contributed by atoms with Gasteiger partial charge in [0.15, 0.2) is 0 Å². The molecule has 7 nitrogen and oxygen atoms in total. The number of aromatic carboxylic acids is 1. The third-order valence-corrected chi connectivity index (χ3v) is 6.74. The smallest absolute Gasteiger partial charge is 0.341 e. The van der Waals surface area contributed by atoms with Crippen LogP contribution in [-0.4, -0.2) is 53.8 Å². The van der Waals surface area contributed by atoms with Crippen LogP contribution < -0.4 is 10.3 Å². The van der Waals surface area contributed by atoms with E-state index >= 15 is 0 Å². The van der Waals surface area contributed by atoms with E-state index < -0.39 is 11.4 Å². The summed E-state index contributed by atoms with van der Waals surface area (Å²) in [5, 5.41) is 18.8. The maximum Gasteiger partial charge on any atom is 0.341 e. The van der Waals surface area contributed by atoms with Crippen LogP contribution in [0, 0.1) is 23.7 Å². The maximum absolute atomic E-state index is 12.8. The van der Waals surface area contributed by atoms with Crippen molar-refractivity contribution in [1.29, 1.82) is 5.26 Å². The summed E-state index contributed by atoms with van der Waals surface area (Å²) in [6, 6.07) is 6.27. The van der Waals surface area contributed by atoms with Crippen molar-refractivity contribution in [3.05, 3.63) is 39.7 Å². The lowest BCUT2D eigenvalue weighted by Gasteiger charge is -2.31. The van der Waals surface area contributed by atoms with Crippen LogP contribution in [0.5, 0.6) is 0 Å². The van der Waals surface area contributed by atoms with Gasteiger partial charge in [-0.2, -0.15) is 5.26 Å². The lowest BCUT2D eigenvalue weighted by Crippen LogP contribution is -2.36. The predicted octanol–water partition coefficient (Wildman–Crippen LogP) is 3.40. The summed E-state index contributed by atoms with van der Waals surface area (Å²) in [4.78, 5) is 29.1. The summed E-state index contributed by atoms with van der Waals surface area (Å²) in [5.74, 6) is -1.17. The third-order valence-electron chi connectivity index (χ3n) is 6.74. The van der Waals surface area contributed by atoms with Gasteiger partial charge in [-0.3, -0.25) is 4.79 Å². The van der Waals surface area contributed by atoms with Crippen molar-refractivity contribution in [3.8, 4) is 6.07 Å². The Morgan fingerprint density at radius 1 is 1.39 bits per heavy atom. The number of hydrogen-bond acceptors (Lipinski definition) is 5. The third kappa shape index (κ3) is 4.05. The summed E-state index contributed by atoms with van der Waals surface area (Å²) < 4.78 is 2.02. The van der Waals surface area contributed by atoms with E-state index in [2.05, 4.69) is 29.8 Å². The van der Waals surface area contributed by atoms with Gasteiger partial charge < -0.3 is 19.5 Å². The van der Waals surface area contributed by atoms with E-state index in [0.29, 0.717) is 11.8 Å². The number of nitrogens with zero attached hydrogens (tertiary/aromatic N) is 4. The first kappa shape index (κ1) is 21.4. The largest absolute Gasteiger partial charge is 0.477 e. The Hall–Kier alpha value is -2.85. The highest BCUT2D eigenvalue weighted by molar-refractivity contribution is 5.95. The zero-order valence-corrected chi connectivity index (χ0v) is 18.5. The zero-order valence-electron chi connectivity index (χ0n) is 18.5. The number of fused-ring (bicyclic) bond motifs is 1. The van der Waals surface area contributed by atoms with Crippen LogP contribution in [0.4, 0.5) is 5.69 Å². The number of aromatic nitrogens is 1. The summed E-state index contributed by atoms with van der Waals surface area (Å²) in [5.41, 5.74) is 2.61. The minimum absolute atomic E-state index is 0.134. The second-order valence-electron chi connectivity index (χ2n) is 9.55. The highest BCUT2D eigenvalue weighted by Crippen LogP contribution is 2.41. The number of aryl methyl sites for hydroxylation is 1. The van der Waals surface area contributed by atoms with E-state index in [-0.39, 0.29) is 17.0 Å². The van der Waals surface area contributed by atoms with Gasteiger partial charge in [0.25, 0.3) is 0 Å². The van der Waals surface area contributed by atoms with Gasteiger partial charge in [0.1, 0.15) is 5.56 Å². The molecule has 0 radical (unpaired) electrons. The maximum atomic E-state index is 12.8. The fraction of sp³-hybridized carbons (Fsp3) is 0.542. The lowest BCUT2D eigenvalue weighted by atomic mass is 9.89. The molecule has 1 aromatic heterocycles. The number of hydrogen-bond donors (Lipinski definition) is 1. The van der Waals surface area contributed by atoms with Crippen molar-refractivity contribution >= 4 is 22.6 Å². The minimum Gasteiger partial charge on any atom is -0.477 e. The van der Waals surface area contributed by atoms with Crippen LogP contribution in [0.25, 0.3) is 10.9 Å². The topological polar surface area (TPSA) is 89.6 Å². The molecule has 1 atom stereocenters. The fourth-order valence-corrected chi connectivity index (χ4v) is 5.08. The molecule has 0 amide bonds. The monoisotopic (exact) mass is 422 g/mol. The van der Waals surface area contributed by atoms with Crippen LogP contribution in [0.3, 0.4) is 0 Å². The van der Waals surface area contributed by atoms with Crippen molar-refractivity contribution < 1.29 is 9.90 Å². The molecule has 2 aliphatic rings. The Balaban J connectivity index is 1.68. The Labute approximate surface area is 182 Å².